The fourth-order valence-corrected chi connectivity index (χ4v) is 3.41. The van der Waals surface area contributed by atoms with Gasteiger partial charge < -0.3 is 14.6 Å². The molecule has 0 saturated carbocycles. The number of fused-ring (bicyclic) bond motifs is 1. The Morgan fingerprint density at radius 2 is 1.93 bits per heavy atom. The molecule has 0 radical (unpaired) electrons. The van der Waals surface area contributed by atoms with Gasteiger partial charge in [0.15, 0.2) is 0 Å². The number of carbonyl (C=O) groups is 1. The molecule has 28 heavy (non-hydrogen) atoms. The third kappa shape index (κ3) is 3.86. The lowest BCUT2D eigenvalue weighted by molar-refractivity contribution is -0.114. The Hall–Kier alpha value is -3.26. The maximum atomic E-state index is 11.2. The van der Waals surface area contributed by atoms with Crippen molar-refractivity contribution < 1.29 is 9.53 Å². The van der Waals surface area contributed by atoms with Crippen molar-refractivity contribution in [2.45, 2.75) is 40.2 Å². The first-order chi connectivity index (χ1) is 13.6. The van der Waals surface area contributed by atoms with Crippen LogP contribution < -0.4 is 10.1 Å². The lowest BCUT2D eigenvalue weighted by Crippen LogP contribution is -2.05. The Bertz CT molecular complexity index is 1030. The highest BCUT2D eigenvalue weighted by molar-refractivity contribution is 5.95. The summed E-state index contributed by atoms with van der Waals surface area (Å²) in [5, 5.41) is 13.5. The molecule has 1 heterocycles. The van der Waals surface area contributed by atoms with Gasteiger partial charge in [0, 0.05) is 30.6 Å². The van der Waals surface area contributed by atoms with Gasteiger partial charge in [-0.15, -0.1) is 0 Å². The summed E-state index contributed by atoms with van der Waals surface area (Å²) in [5.41, 5.74) is 4.22. The van der Waals surface area contributed by atoms with E-state index in [4.69, 9.17) is 4.74 Å². The van der Waals surface area contributed by atoms with E-state index in [9.17, 15) is 10.1 Å². The summed E-state index contributed by atoms with van der Waals surface area (Å²) in [4.78, 5) is 11.2. The SMILES string of the molecule is CCCCOc1ccc2c(C#N)c(-c3ccc(NC(C)=O)cc3)n(CC)c2c1. The standard InChI is InChI=1S/C23H25N3O2/c1-4-6-13-28-19-11-12-20-21(15-24)23(26(5-2)22(20)14-19)17-7-9-18(10-8-17)25-16(3)27/h7-12,14H,4-6,13H2,1-3H3,(H,25,27). The number of nitrogens with one attached hydrogen (secondary N) is 1. The second kappa shape index (κ2) is 8.62. The molecule has 3 rings (SSSR count). The lowest BCUT2D eigenvalue weighted by Gasteiger charge is -2.10. The second-order valence-electron chi connectivity index (χ2n) is 6.72. The van der Waals surface area contributed by atoms with Gasteiger partial charge in [0.1, 0.15) is 11.8 Å². The Labute approximate surface area is 165 Å². The molecule has 0 aliphatic carbocycles. The van der Waals surface area contributed by atoms with E-state index in [1.165, 1.54) is 6.92 Å². The van der Waals surface area contributed by atoms with Crippen molar-refractivity contribution in [3.63, 3.8) is 0 Å². The van der Waals surface area contributed by atoms with Crippen LogP contribution in [-0.4, -0.2) is 17.1 Å². The van der Waals surface area contributed by atoms with Crippen LogP contribution in [0.25, 0.3) is 22.2 Å². The number of aryl methyl sites for hydroxylation is 1. The van der Waals surface area contributed by atoms with Gasteiger partial charge in [-0.2, -0.15) is 5.26 Å². The van der Waals surface area contributed by atoms with Crippen LogP contribution in [-0.2, 0) is 11.3 Å². The Kier molecular flexibility index (Phi) is 6.00. The van der Waals surface area contributed by atoms with Crippen molar-refractivity contribution in [1.29, 1.82) is 5.26 Å². The van der Waals surface area contributed by atoms with Gasteiger partial charge in [-0.1, -0.05) is 25.5 Å². The molecule has 0 aliphatic rings. The second-order valence-corrected chi connectivity index (χ2v) is 6.72. The van der Waals surface area contributed by atoms with Crippen LogP contribution in [0.4, 0.5) is 5.69 Å². The summed E-state index contributed by atoms with van der Waals surface area (Å²) in [6, 6.07) is 15.9. The maximum Gasteiger partial charge on any atom is 0.221 e. The number of hydrogen-bond donors (Lipinski definition) is 1. The molecule has 0 unspecified atom stereocenters. The van der Waals surface area contributed by atoms with Crippen LogP contribution in [0.2, 0.25) is 0 Å². The third-order valence-electron chi connectivity index (χ3n) is 4.71. The first kappa shape index (κ1) is 19.5. The van der Waals surface area contributed by atoms with Crippen molar-refractivity contribution in [2.75, 3.05) is 11.9 Å². The first-order valence-corrected chi connectivity index (χ1v) is 9.66. The minimum atomic E-state index is -0.108. The van der Waals surface area contributed by atoms with Crippen molar-refractivity contribution in [3.8, 4) is 23.1 Å². The lowest BCUT2D eigenvalue weighted by atomic mass is 10.1. The smallest absolute Gasteiger partial charge is 0.221 e. The van der Waals surface area contributed by atoms with Crippen LogP contribution >= 0.6 is 0 Å². The zero-order valence-electron chi connectivity index (χ0n) is 16.6. The van der Waals surface area contributed by atoms with Gasteiger partial charge in [-0.05, 0) is 43.2 Å². The highest BCUT2D eigenvalue weighted by Gasteiger charge is 2.18. The highest BCUT2D eigenvalue weighted by Crippen LogP contribution is 2.35. The predicted molar refractivity (Wildman–Crippen MR) is 112 cm³/mol. The molecule has 0 fully saturated rings. The van der Waals surface area contributed by atoms with Crippen molar-refractivity contribution >= 4 is 22.5 Å². The average Bonchev–Trinajstić information content (AvgIpc) is 3.01. The summed E-state index contributed by atoms with van der Waals surface area (Å²) in [6.45, 7) is 7.12. The zero-order valence-corrected chi connectivity index (χ0v) is 16.6. The van der Waals surface area contributed by atoms with Crippen LogP contribution in [0, 0.1) is 11.3 Å². The number of benzene rings is 2. The van der Waals surface area contributed by atoms with E-state index in [1.54, 1.807) is 0 Å². The number of carbonyl (C=O) groups excluding carboxylic acids is 1. The molecular weight excluding hydrogens is 350 g/mol. The van der Waals surface area contributed by atoms with Gasteiger partial charge in [0.2, 0.25) is 5.91 Å². The molecular formula is C23H25N3O2. The number of nitrogens with zero attached hydrogens (tertiary/aromatic N) is 2. The van der Waals surface area contributed by atoms with E-state index in [0.717, 1.165) is 53.0 Å². The van der Waals surface area contributed by atoms with E-state index in [0.29, 0.717) is 12.2 Å². The number of nitriles is 1. The number of ether oxygens (including phenoxy) is 1. The Morgan fingerprint density at radius 3 is 2.54 bits per heavy atom. The van der Waals surface area contributed by atoms with E-state index >= 15 is 0 Å². The van der Waals surface area contributed by atoms with Crippen molar-refractivity contribution in [1.82, 2.24) is 4.57 Å². The zero-order chi connectivity index (χ0) is 20.1. The minimum absolute atomic E-state index is 0.108. The van der Waals surface area contributed by atoms with E-state index in [2.05, 4.69) is 29.8 Å². The molecule has 5 heteroatoms. The number of anilines is 1. The molecule has 144 valence electrons. The van der Waals surface area contributed by atoms with E-state index in [1.807, 2.05) is 42.5 Å². The number of aromatic nitrogens is 1. The van der Waals surface area contributed by atoms with E-state index in [-0.39, 0.29) is 5.91 Å². The summed E-state index contributed by atoms with van der Waals surface area (Å²) < 4.78 is 8.01. The summed E-state index contributed by atoms with van der Waals surface area (Å²) >= 11 is 0. The maximum absolute atomic E-state index is 11.2. The Balaban J connectivity index is 2.08. The molecule has 0 aliphatic heterocycles. The van der Waals surface area contributed by atoms with Gasteiger partial charge in [0.05, 0.1) is 23.4 Å². The molecule has 1 aromatic heterocycles. The molecule has 2 aromatic carbocycles. The number of unbranched alkanes of at least 4 members (excludes halogenated alkanes) is 1. The molecule has 0 spiro atoms. The van der Waals surface area contributed by atoms with Crippen LogP contribution in [0.15, 0.2) is 42.5 Å². The van der Waals surface area contributed by atoms with Crippen LogP contribution in [0.3, 0.4) is 0 Å². The Morgan fingerprint density at radius 1 is 1.18 bits per heavy atom. The molecule has 0 atom stereocenters. The number of amides is 1. The summed E-state index contributed by atoms with van der Waals surface area (Å²) in [5.74, 6) is 0.717. The van der Waals surface area contributed by atoms with E-state index < -0.39 is 0 Å². The normalized spacial score (nSPS) is 10.6. The monoisotopic (exact) mass is 375 g/mol. The number of rotatable bonds is 7. The van der Waals surface area contributed by atoms with Crippen molar-refractivity contribution in [2.24, 2.45) is 0 Å². The van der Waals surface area contributed by atoms with Gasteiger partial charge in [-0.3, -0.25) is 4.79 Å². The third-order valence-corrected chi connectivity index (χ3v) is 4.71. The molecule has 0 bridgehead atoms. The van der Waals surface area contributed by atoms with Crippen LogP contribution in [0.1, 0.15) is 39.2 Å². The molecule has 3 aromatic rings. The molecule has 5 nitrogen and oxygen atoms in total. The highest BCUT2D eigenvalue weighted by atomic mass is 16.5. The van der Waals surface area contributed by atoms with Gasteiger partial charge in [0.25, 0.3) is 0 Å². The van der Waals surface area contributed by atoms with Gasteiger partial charge in [-0.25, -0.2) is 0 Å². The molecule has 0 saturated heterocycles. The topological polar surface area (TPSA) is 67.0 Å². The molecule has 1 N–H and O–H groups in total. The summed E-state index contributed by atoms with van der Waals surface area (Å²) in [6.07, 6.45) is 2.10. The summed E-state index contributed by atoms with van der Waals surface area (Å²) in [7, 11) is 0. The quantitative estimate of drug-likeness (QED) is 0.567. The largest absolute Gasteiger partial charge is 0.494 e. The average molecular weight is 375 g/mol. The fourth-order valence-electron chi connectivity index (χ4n) is 3.41. The number of hydrogen-bond acceptors (Lipinski definition) is 3. The van der Waals surface area contributed by atoms with Crippen molar-refractivity contribution in [3.05, 3.63) is 48.0 Å². The van der Waals surface area contributed by atoms with Crippen LogP contribution in [0.5, 0.6) is 5.75 Å². The van der Waals surface area contributed by atoms with Gasteiger partial charge >= 0.3 is 0 Å². The fraction of sp³-hybridized carbons (Fsp3) is 0.304. The predicted octanol–water partition coefficient (Wildman–Crippen LogP) is 5.34. The first-order valence-electron chi connectivity index (χ1n) is 9.66. The molecule has 1 amide bonds. The minimum Gasteiger partial charge on any atom is -0.494 e.